The van der Waals surface area contributed by atoms with Gasteiger partial charge in [0, 0.05) is 41.0 Å². The molecule has 0 spiro atoms. The summed E-state index contributed by atoms with van der Waals surface area (Å²) in [5.74, 6) is -0.0826. The van der Waals surface area contributed by atoms with Crippen LogP contribution >= 0.6 is 11.3 Å². The molecule has 0 radical (unpaired) electrons. The minimum Gasteiger partial charge on any atom is -0.355 e. The summed E-state index contributed by atoms with van der Waals surface area (Å²) >= 11 is 1.62. The number of hydrogen-bond acceptors (Lipinski definition) is 4. The fourth-order valence-electron chi connectivity index (χ4n) is 2.48. The maximum Gasteiger partial charge on any atom is 0.251 e. The zero-order valence-corrected chi connectivity index (χ0v) is 14.6. The fraction of sp³-hybridized carbons (Fsp3) is 0.211. The summed E-state index contributed by atoms with van der Waals surface area (Å²) in [4.78, 5) is 20.7. The highest BCUT2D eigenvalue weighted by Crippen LogP contribution is 2.29. The maximum atomic E-state index is 11.6. The first-order chi connectivity index (χ1) is 11.7. The van der Waals surface area contributed by atoms with Crippen LogP contribution in [0.15, 0.2) is 48.0 Å². The number of amides is 1. The minimum absolute atomic E-state index is 0.0826. The van der Waals surface area contributed by atoms with Gasteiger partial charge in [-0.05, 0) is 30.7 Å². The van der Waals surface area contributed by atoms with E-state index in [1.54, 1.807) is 18.4 Å². The largest absolute Gasteiger partial charge is 0.355 e. The lowest BCUT2D eigenvalue weighted by atomic mass is 10.1. The Morgan fingerprint density at radius 3 is 2.67 bits per heavy atom. The molecule has 122 valence electrons. The predicted octanol–water partition coefficient (Wildman–Crippen LogP) is 4.18. The van der Waals surface area contributed by atoms with Crippen molar-refractivity contribution < 1.29 is 4.79 Å². The Morgan fingerprint density at radius 1 is 1.17 bits per heavy atom. The van der Waals surface area contributed by atoms with Gasteiger partial charge in [-0.25, -0.2) is 4.98 Å². The van der Waals surface area contributed by atoms with Crippen LogP contribution in [0.5, 0.6) is 0 Å². The van der Waals surface area contributed by atoms with Gasteiger partial charge < -0.3 is 5.32 Å². The average Bonchev–Trinajstić information content (AvgIpc) is 3.12. The molecule has 3 aromatic rings. The molecule has 3 rings (SSSR count). The normalized spacial score (nSPS) is 10.6. The second-order valence-corrected chi connectivity index (χ2v) is 6.34. The van der Waals surface area contributed by atoms with Crippen molar-refractivity contribution in [3.8, 4) is 21.8 Å². The molecule has 5 heteroatoms. The van der Waals surface area contributed by atoms with Crippen LogP contribution in [-0.4, -0.2) is 22.9 Å². The minimum atomic E-state index is -0.0826. The van der Waals surface area contributed by atoms with Crippen molar-refractivity contribution >= 4 is 17.2 Å². The van der Waals surface area contributed by atoms with Gasteiger partial charge in [0.1, 0.15) is 5.01 Å². The number of hydrogen-bond donors (Lipinski definition) is 1. The van der Waals surface area contributed by atoms with E-state index in [4.69, 9.17) is 4.98 Å². The van der Waals surface area contributed by atoms with Crippen molar-refractivity contribution in [1.29, 1.82) is 0 Å². The van der Waals surface area contributed by atoms with Gasteiger partial charge in [0.25, 0.3) is 5.91 Å². The van der Waals surface area contributed by atoms with Crippen LogP contribution < -0.4 is 5.32 Å². The highest BCUT2D eigenvalue weighted by molar-refractivity contribution is 7.13. The number of carbonyl (C=O) groups is 1. The number of benzene rings is 1. The lowest BCUT2D eigenvalue weighted by Gasteiger charge is -2.02. The first kappa shape index (κ1) is 16.3. The summed E-state index contributed by atoms with van der Waals surface area (Å²) < 4.78 is 0. The van der Waals surface area contributed by atoms with E-state index >= 15 is 0 Å². The van der Waals surface area contributed by atoms with Crippen LogP contribution in [0.25, 0.3) is 21.8 Å². The zero-order chi connectivity index (χ0) is 16.9. The second kappa shape index (κ2) is 7.36. The lowest BCUT2D eigenvalue weighted by Crippen LogP contribution is -2.17. The number of nitrogens with one attached hydrogen (secondary N) is 1. The molecule has 1 N–H and O–H groups in total. The Kier molecular flexibility index (Phi) is 5.01. The highest BCUT2D eigenvalue weighted by atomic mass is 32.1. The van der Waals surface area contributed by atoms with Crippen molar-refractivity contribution in [2.45, 2.75) is 19.8 Å². The van der Waals surface area contributed by atoms with Gasteiger partial charge in [-0.15, -0.1) is 11.3 Å². The average molecular weight is 337 g/mol. The van der Waals surface area contributed by atoms with Gasteiger partial charge >= 0.3 is 0 Å². The molecular formula is C19H19N3OS. The third-order valence-corrected chi connectivity index (χ3v) is 4.64. The Morgan fingerprint density at radius 2 is 1.96 bits per heavy atom. The predicted molar refractivity (Wildman–Crippen MR) is 98.2 cm³/mol. The van der Waals surface area contributed by atoms with Crippen LogP contribution in [-0.2, 0) is 6.42 Å². The van der Waals surface area contributed by atoms with Crippen LogP contribution in [0.4, 0.5) is 0 Å². The number of pyridine rings is 1. The summed E-state index contributed by atoms with van der Waals surface area (Å²) in [6, 6.07) is 11.6. The summed E-state index contributed by atoms with van der Waals surface area (Å²) in [6.07, 6.45) is 3.91. The number of rotatable bonds is 5. The molecule has 0 saturated heterocycles. The molecule has 1 aromatic carbocycles. The Balaban J connectivity index is 1.85. The van der Waals surface area contributed by atoms with Crippen molar-refractivity contribution in [2.75, 3.05) is 7.05 Å². The van der Waals surface area contributed by atoms with Gasteiger partial charge in [0.2, 0.25) is 0 Å². The Bertz CT molecular complexity index is 840. The molecule has 0 aliphatic rings. The van der Waals surface area contributed by atoms with E-state index in [1.807, 2.05) is 41.9 Å². The van der Waals surface area contributed by atoms with E-state index in [2.05, 4.69) is 23.3 Å². The number of aromatic nitrogens is 2. The molecule has 0 atom stereocenters. The van der Waals surface area contributed by atoms with Crippen LogP contribution in [0, 0.1) is 0 Å². The molecule has 2 heterocycles. The first-order valence-electron chi connectivity index (χ1n) is 7.94. The van der Waals surface area contributed by atoms with E-state index in [9.17, 15) is 4.79 Å². The summed E-state index contributed by atoms with van der Waals surface area (Å²) in [6.45, 7) is 2.15. The fourth-order valence-corrected chi connectivity index (χ4v) is 3.31. The van der Waals surface area contributed by atoms with E-state index in [0.29, 0.717) is 5.56 Å². The molecule has 0 fully saturated rings. The van der Waals surface area contributed by atoms with Crippen molar-refractivity contribution in [3.05, 3.63) is 59.2 Å². The SMILES string of the molecule is CCCc1cc(-c2nc(-c3ccc(C(=O)NC)cc3)cs2)ccn1. The lowest BCUT2D eigenvalue weighted by molar-refractivity contribution is 0.0963. The quantitative estimate of drug-likeness (QED) is 0.760. The Hall–Kier alpha value is -2.53. The monoisotopic (exact) mass is 337 g/mol. The molecule has 0 saturated carbocycles. The first-order valence-corrected chi connectivity index (χ1v) is 8.82. The van der Waals surface area contributed by atoms with Gasteiger partial charge in [-0.2, -0.15) is 0 Å². The van der Waals surface area contributed by atoms with Gasteiger partial charge in [0.15, 0.2) is 0 Å². The molecule has 0 aliphatic carbocycles. The smallest absolute Gasteiger partial charge is 0.251 e. The standard InChI is InChI=1S/C19H19N3OS/c1-3-4-16-11-15(9-10-21-16)19-22-17(12-24-19)13-5-7-14(8-6-13)18(23)20-2/h5-12H,3-4H2,1-2H3,(H,20,23). The molecule has 24 heavy (non-hydrogen) atoms. The van der Waals surface area contributed by atoms with E-state index in [1.165, 1.54) is 0 Å². The molecule has 0 aliphatic heterocycles. The van der Waals surface area contributed by atoms with Crippen LogP contribution in [0.2, 0.25) is 0 Å². The zero-order valence-electron chi connectivity index (χ0n) is 13.7. The van der Waals surface area contributed by atoms with E-state index < -0.39 is 0 Å². The molecular weight excluding hydrogens is 318 g/mol. The summed E-state index contributed by atoms with van der Waals surface area (Å²) in [7, 11) is 1.63. The van der Waals surface area contributed by atoms with Crippen molar-refractivity contribution in [3.63, 3.8) is 0 Å². The molecule has 0 bridgehead atoms. The van der Waals surface area contributed by atoms with E-state index in [-0.39, 0.29) is 5.91 Å². The molecule has 0 unspecified atom stereocenters. The van der Waals surface area contributed by atoms with Gasteiger partial charge in [-0.1, -0.05) is 25.5 Å². The highest BCUT2D eigenvalue weighted by Gasteiger charge is 2.09. The maximum absolute atomic E-state index is 11.6. The van der Waals surface area contributed by atoms with Crippen LogP contribution in [0.1, 0.15) is 29.4 Å². The number of carbonyl (C=O) groups excluding carboxylic acids is 1. The molecule has 4 nitrogen and oxygen atoms in total. The number of nitrogens with zero attached hydrogens (tertiary/aromatic N) is 2. The van der Waals surface area contributed by atoms with Crippen LogP contribution in [0.3, 0.4) is 0 Å². The number of thiazole rings is 1. The van der Waals surface area contributed by atoms with E-state index in [0.717, 1.165) is 40.4 Å². The second-order valence-electron chi connectivity index (χ2n) is 5.48. The third-order valence-electron chi connectivity index (χ3n) is 3.74. The molecule has 1 amide bonds. The van der Waals surface area contributed by atoms with Gasteiger partial charge in [-0.3, -0.25) is 9.78 Å². The van der Waals surface area contributed by atoms with Crippen molar-refractivity contribution in [2.24, 2.45) is 0 Å². The van der Waals surface area contributed by atoms with Gasteiger partial charge in [0.05, 0.1) is 5.69 Å². The summed E-state index contributed by atoms with van der Waals surface area (Å²) in [5, 5.41) is 5.66. The third kappa shape index (κ3) is 3.51. The topological polar surface area (TPSA) is 54.9 Å². The number of aryl methyl sites for hydroxylation is 1. The summed E-state index contributed by atoms with van der Waals surface area (Å²) in [5.41, 5.74) is 4.78. The Labute approximate surface area is 145 Å². The van der Waals surface area contributed by atoms with Crippen molar-refractivity contribution in [1.82, 2.24) is 15.3 Å². The molecule has 2 aromatic heterocycles.